The van der Waals surface area contributed by atoms with Crippen molar-refractivity contribution in [1.82, 2.24) is 4.90 Å². The normalized spacial score (nSPS) is 21.0. The molecule has 2 aromatic carbocycles. The second-order valence-corrected chi connectivity index (χ2v) is 6.76. The predicted octanol–water partition coefficient (Wildman–Crippen LogP) is 3.67. The highest BCUT2D eigenvalue weighted by Crippen LogP contribution is 2.29. The number of ether oxygens (including phenoxy) is 1. The molecule has 4 nitrogen and oxygen atoms in total. The van der Waals surface area contributed by atoms with E-state index in [0.29, 0.717) is 23.4 Å². The maximum Gasteiger partial charge on any atom is 0.138 e. The fourth-order valence-corrected chi connectivity index (χ4v) is 3.55. The van der Waals surface area contributed by atoms with Crippen LogP contribution in [0.25, 0.3) is 0 Å². The molecule has 2 atom stereocenters. The zero-order valence-electron chi connectivity index (χ0n) is 15.1. The maximum atomic E-state index is 9.17. The summed E-state index contributed by atoms with van der Waals surface area (Å²) < 4.78 is 5.37. The molecular weight excluding hydrogens is 310 g/mol. The van der Waals surface area contributed by atoms with Crippen LogP contribution < -0.4 is 9.64 Å². The van der Waals surface area contributed by atoms with E-state index in [1.165, 1.54) is 5.56 Å². The fraction of sp³-hybridized carbons (Fsp3) is 0.381. The molecule has 1 saturated heterocycles. The molecule has 0 saturated carbocycles. The minimum atomic E-state index is 0.401. The zero-order chi connectivity index (χ0) is 17.8. The molecule has 4 heteroatoms. The third kappa shape index (κ3) is 3.78. The number of methoxy groups -OCH3 is 1. The third-order valence-electron chi connectivity index (χ3n) is 4.98. The van der Waals surface area contributed by atoms with E-state index in [1.807, 2.05) is 18.2 Å². The molecule has 0 amide bonds. The van der Waals surface area contributed by atoms with Crippen LogP contribution in [0.1, 0.15) is 25.0 Å². The first-order valence-corrected chi connectivity index (χ1v) is 8.75. The lowest BCUT2D eigenvalue weighted by molar-refractivity contribution is 0.158. The van der Waals surface area contributed by atoms with Gasteiger partial charge in [0.25, 0.3) is 0 Å². The van der Waals surface area contributed by atoms with E-state index in [9.17, 15) is 0 Å². The minimum absolute atomic E-state index is 0.401. The van der Waals surface area contributed by atoms with Crippen LogP contribution in [0, 0.1) is 11.3 Å². The summed E-state index contributed by atoms with van der Waals surface area (Å²) in [6.07, 6.45) is 0. The standard InChI is InChI=1S/C21H25N3O/c1-16-14-24(20-10-9-19(12-22)21(11-20)25-3)17(2)13-23(16)15-18-7-5-4-6-8-18/h4-11,16-17H,13-15H2,1-3H3/t16-,17+/m1/s1. The lowest BCUT2D eigenvalue weighted by Crippen LogP contribution is -2.56. The average Bonchev–Trinajstić information content (AvgIpc) is 2.64. The van der Waals surface area contributed by atoms with Gasteiger partial charge in [-0.3, -0.25) is 4.90 Å². The Morgan fingerprint density at radius 2 is 1.84 bits per heavy atom. The number of nitriles is 1. The van der Waals surface area contributed by atoms with Gasteiger partial charge in [0.15, 0.2) is 0 Å². The van der Waals surface area contributed by atoms with Gasteiger partial charge in [-0.1, -0.05) is 30.3 Å². The van der Waals surface area contributed by atoms with Gasteiger partial charge in [0.05, 0.1) is 12.7 Å². The minimum Gasteiger partial charge on any atom is -0.495 e. The predicted molar refractivity (Wildman–Crippen MR) is 101 cm³/mol. The van der Waals surface area contributed by atoms with Crippen LogP contribution in [0.3, 0.4) is 0 Å². The second kappa shape index (κ2) is 7.58. The largest absolute Gasteiger partial charge is 0.495 e. The molecule has 1 heterocycles. The topological polar surface area (TPSA) is 39.5 Å². The van der Waals surface area contributed by atoms with Crippen molar-refractivity contribution < 1.29 is 4.74 Å². The van der Waals surface area contributed by atoms with Crippen LogP contribution in [0.5, 0.6) is 5.75 Å². The number of benzene rings is 2. The molecule has 0 N–H and O–H groups in total. The van der Waals surface area contributed by atoms with Gasteiger partial charge in [0, 0.05) is 43.5 Å². The molecule has 0 unspecified atom stereocenters. The monoisotopic (exact) mass is 335 g/mol. The van der Waals surface area contributed by atoms with Gasteiger partial charge in [-0.25, -0.2) is 0 Å². The first kappa shape index (κ1) is 17.3. The Morgan fingerprint density at radius 1 is 1.08 bits per heavy atom. The van der Waals surface area contributed by atoms with Crippen molar-refractivity contribution in [2.45, 2.75) is 32.5 Å². The Morgan fingerprint density at radius 3 is 2.52 bits per heavy atom. The van der Waals surface area contributed by atoms with Crippen molar-refractivity contribution in [2.75, 3.05) is 25.1 Å². The van der Waals surface area contributed by atoms with Crippen molar-refractivity contribution in [3.8, 4) is 11.8 Å². The SMILES string of the molecule is COc1cc(N2C[C@@H](C)N(Cc3ccccc3)C[C@@H]2C)ccc1C#N. The van der Waals surface area contributed by atoms with Crippen LogP contribution in [-0.4, -0.2) is 37.2 Å². The van der Waals surface area contributed by atoms with Crippen molar-refractivity contribution in [1.29, 1.82) is 5.26 Å². The molecule has 0 aliphatic carbocycles. The first-order chi connectivity index (χ1) is 12.1. The van der Waals surface area contributed by atoms with E-state index in [2.05, 4.69) is 60.0 Å². The quantitative estimate of drug-likeness (QED) is 0.855. The molecule has 0 bridgehead atoms. The van der Waals surface area contributed by atoms with Crippen molar-refractivity contribution >= 4 is 5.69 Å². The summed E-state index contributed by atoms with van der Waals surface area (Å²) in [6, 6.07) is 19.5. The van der Waals surface area contributed by atoms with Gasteiger partial charge >= 0.3 is 0 Å². The number of anilines is 1. The van der Waals surface area contributed by atoms with Gasteiger partial charge in [-0.15, -0.1) is 0 Å². The number of piperazine rings is 1. The highest BCUT2D eigenvalue weighted by atomic mass is 16.5. The van der Waals surface area contributed by atoms with Crippen molar-refractivity contribution in [2.24, 2.45) is 0 Å². The van der Waals surface area contributed by atoms with Crippen LogP contribution in [0.4, 0.5) is 5.69 Å². The molecule has 0 spiro atoms. The van der Waals surface area contributed by atoms with Gasteiger partial charge in [0.1, 0.15) is 11.8 Å². The molecule has 0 radical (unpaired) electrons. The van der Waals surface area contributed by atoms with Crippen LogP contribution in [0.15, 0.2) is 48.5 Å². The van der Waals surface area contributed by atoms with E-state index in [4.69, 9.17) is 10.00 Å². The van der Waals surface area contributed by atoms with Crippen LogP contribution in [0.2, 0.25) is 0 Å². The molecule has 1 aliphatic rings. The Hall–Kier alpha value is -2.51. The van der Waals surface area contributed by atoms with Crippen molar-refractivity contribution in [3.05, 3.63) is 59.7 Å². The summed E-state index contributed by atoms with van der Waals surface area (Å²) in [5.74, 6) is 0.645. The summed E-state index contributed by atoms with van der Waals surface area (Å²) in [5, 5.41) is 9.17. The highest BCUT2D eigenvalue weighted by molar-refractivity contribution is 5.58. The van der Waals surface area contributed by atoms with Crippen LogP contribution >= 0.6 is 0 Å². The average molecular weight is 335 g/mol. The lowest BCUT2D eigenvalue weighted by atomic mass is 10.0. The molecule has 130 valence electrons. The number of hydrogen-bond donors (Lipinski definition) is 0. The molecule has 2 aromatic rings. The van der Waals surface area contributed by atoms with Gasteiger partial charge < -0.3 is 9.64 Å². The molecule has 0 aromatic heterocycles. The number of nitrogens with zero attached hydrogens (tertiary/aromatic N) is 3. The molecule has 1 aliphatic heterocycles. The van der Waals surface area contributed by atoms with Crippen molar-refractivity contribution in [3.63, 3.8) is 0 Å². The summed E-state index contributed by atoms with van der Waals surface area (Å²) in [7, 11) is 1.61. The molecule has 25 heavy (non-hydrogen) atoms. The highest BCUT2D eigenvalue weighted by Gasteiger charge is 2.29. The van der Waals surface area contributed by atoms with Crippen LogP contribution in [-0.2, 0) is 6.54 Å². The molecule has 3 rings (SSSR count). The second-order valence-electron chi connectivity index (χ2n) is 6.76. The Kier molecular flexibility index (Phi) is 5.25. The number of hydrogen-bond acceptors (Lipinski definition) is 4. The van der Waals surface area contributed by atoms with Gasteiger partial charge in [-0.05, 0) is 31.5 Å². The third-order valence-corrected chi connectivity index (χ3v) is 4.98. The Labute approximate surface area is 150 Å². The lowest BCUT2D eigenvalue weighted by Gasteiger charge is -2.45. The Balaban J connectivity index is 1.75. The maximum absolute atomic E-state index is 9.17. The number of rotatable bonds is 4. The molecule has 1 fully saturated rings. The van der Waals surface area contributed by atoms with E-state index in [1.54, 1.807) is 7.11 Å². The smallest absolute Gasteiger partial charge is 0.138 e. The fourth-order valence-electron chi connectivity index (χ4n) is 3.55. The van der Waals surface area contributed by atoms with E-state index in [0.717, 1.165) is 25.3 Å². The van der Waals surface area contributed by atoms with E-state index in [-0.39, 0.29) is 0 Å². The summed E-state index contributed by atoms with van der Waals surface area (Å²) in [6.45, 7) is 7.50. The summed E-state index contributed by atoms with van der Waals surface area (Å²) >= 11 is 0. The van der Waals surface area contributed by atoms with Gasteiger partial charge in [-0.2, -0.15) is 5.26 Å². The van der Waals surface area contributed by atoms with E-state index >= 15 is 0 Å². The zero-order valence-corrected chi connectivity index (χ0v) is 15.1. The van der Waals surface area contributed by atoms with E-state index < -0.39 is 0 Å². The summed E-state index contributed by atoms with van der Waals surface area (Å²) in [5.41, 5.74) is 3.05. The van der Waals surface area contributed by atoms with Gasteiger partial charge in [0.2, 0.25) is 0 Å². The molecular formula is C21H25N3O. The Bertz CT molecular complexity index is 753. The summed E-state index contributed by atoms with van der Waals surface area (Å²) in [4.78, 5) is 4.95. The first-order valence-electron chi connectivity index (χ1n) is 8.75.